The molecule has 0 heterocycles. The Morgan fingerprint density at radius 2 is 1.56 bits per heavy atom. The Kier molecular flexibility index (Phi) is 6.02. The van der Waals surface area contributed by atoms with Crippen LogP contribution in [0, 0.1) is 0 Å². The Hall–Kier alpha value is -2.71. The zero-order valence-corrected chi connectivity index (χ0v) is 16.1. The van der Waals surface area contributed by atoms with E-state index in [9.17, 15) is 18.0 Å². The van der Waals surface area contributed by atoms with E-state index < -0.39 is 33.5 Å². The maximum absolute atomic E-state index is 12.3. The summed E-state index contributed by atoms with van der Waals surface area (Å²) in [7, 11) is -3.72. The number of hydrogen-bond donors (Lipinski definition) is 2. The number of hydrogen-bond acceptors (Lipinski definition) is 5. The molecular weight excluding hydrogens is 368 g/mol. The Balaban J connectivity index is 2.19. The van der Waals surface area contributed by atoms with Gasteiger partial charge < -0.3 is 10.5 Å². The quantitative estimate of drug-likeness (QED) is 0.733. The van der Waals surface area contributed by atoms with E-state index in [2.05, 4.69) is 4.72 Å². The lowest BCUT2D eigenvalue weighted by Gasteiger charge is -2.20. The van der Waals surface area contributed by atoms with Crippen LogP contribution < -0.4 is 10.5 Å². The molecule has 2 aromatic carbocycles. The first-order valence-electron chi connectivity index (χ1n) is 8.19. The minimum atomic E-state index is -3.72. The van der Waals surface area contributed by atoms with E-state index in [1.807, 2.05) is 0 Å². The summed E-state index contributed by atoms with van der Waals surface area (Å²) < 4.78 is 32.3. The number of carbonyl (C=O) groups is 2. The van der Waals surface area contributed by atoms with Gasteiger partial charge in [-0.15, -0.1) is 0 Å². The molecule has 0 saturated carbocycles. The van der Waals surface area contributed by atoms with Gasteiger partial charge >= 0.3 is 5.97 Å². The van der Waals surface area contributed by atoms with Crippen molar-refractivity contribution < 1.29 is 22.7 Å². The molecule has 0 fully saturated rings. The summed E-state index contributed by atoms with van der Waals surface area (Å²) in [5, 5.41) is 0. The lowest BCUT2D eigenvalue weighted by Crippen LogP contribution is -2.40. The van der Waals surface area contributed by atoms with Gasteiger partial charge in [0, 0.05) is 11.1 Å². The third-order valence-corrected chi connectivity index (χ3v) is 5.20. The second kappa shape index (κ2) is 7.89. The number of carbonyl (C=O) groups excluding carboxylic acids is 2. The topological polar surface area (TPSA) is 116 Å². The van der Waals surface area contributed by atoms with Crippen LogP contribution in [-0.2, 0) is 19.6 Å². The number of rotatable bonds is 6. The van der Waals surface area contributed by atoms with Gasteiger partial charge in [0.2, 0.25) is 16.1 Å². The number of sulfonamides is 1. The molecule has 0 spiro atoms. The van der Waals surface area contributed by atoms with E-state index in [4.69, 9.17) is 10.5 Å². The summed E-state index contributed by atoms with van der Waals surface area (Å²) >= 11 is 0. The van der Waals surface area contributed by atoms with E-state index in [0.29, 0.717) is 5.56 Å². The number of amides is 1. The summed E-state index contributed by atoms with van der Waals surface area (Å²) in [6, 6.07) is 13.6. The molecular formula is C19H22N2O5S. The van der Waals surface area contributed by atoms with E-state index in [1.165, 1.54) is 24.3 Å². The molecule has 8 heteroatoms. The van der Waals surface area contributed by atoms with Crippen molar-refractivity contribution in [2.24, 2.45) is 5.73 Å². The summed E-state index contributed by atoms with van der Waals surface area (Å²) in [6.45, 7) is 5.18. The maximum atomic E-state index is 12.3. The lowest BCUT2D eigenvalue weighted by molar-refractivity contribution is -0.127. The number of primary amides is 1. The summed E-state index contributed by atoms with van der Waals surface area (Å²) in [6.07, 6.45) is -1.23. The summed E-state index contributed by atoms with van der Waals surface area (Å²) in [4.78, 5) is 24.0. The largest absolute Gasteiger partial charge is 0.444 e. The van der Waals surface area contributed by atoms with Crippen molar-refractivity contribution in [2.45, 2.75) is 37.3 Å². The Morgan fingerprint density at radius 1 is 1.00 bits per heavy atom. The van der Waals surface area contributed by atoms with Crippen molar-refractivity contribution in [3.8, 4) is 0 Å². The van der Waals surface area contributed by atoms with Gasteiger partial charge in [-0.1, -0.05) is 30.3 Å². The monoisotopic (exact) mass is 390 g/mol. The van der Waals surface area contributed by atoms with Crippen LogP contribution in [0.5, 0.6) is 0 Å². The van der Waals surface area contributed by atoms with Gasteiger partial charge in [-0.25, -0.2) is 17.9 Å². The second-order valence-electron chi connectivity index (χ2n) is 6.98. The van der Waals surface area contributed by atoms with Gasteiger partial charge in [0.1, 0.15) is 0 Å². The van der Waals surface area contributed by atoms with Crippen LogP contribution in [-0.4, -0.2) is 25.8 Å². The van der Waals surface area contributed by atoms with E-state index in [-0.39, 0.29) is 10.5 Å². The number of benzene rings is 2. The molecule has 0 aliphatic carbocycles. The van der Waals surface area contributed by atoms with Gasteiger partial charge in [0.05, 0.1) is 10.5 Å². The van der Waals surface area contributed by atoms with Gasteiger partial charge in [-0.3, -0.25) is 4.79 Å². The molecule has 27 heavy (non-hydrogen) atoms. The highest BCUT2D eigenvalue weighted by molar-refractivity contribution is 7.89. The Bertz CT molecular complexity index is 917. The van der Waals surface area contributed by atoms with Crippen LogP contribution in [0.4, 0.5) is 0 Å². The molecule has 0 aromatic heterocycles. The zero-order valence-electron chi connectivity index (χ0n) is 15.3. The van der Waals surface area contributed by atoms with E-state index >= 15 is 0 Å². The predicted molar refractivity (Wildman–Crippen MR) is 100 cm³/mol. The molecule has 1 atom stereocenters. The number of ether oxygens (including phenoxy) is 1. The first-order valence-corrected chi connectivity index (χ1v) is 9.67. The number of esters is 1. The van der Waals surface area contributed by atoms with Crippen LogP contribution >= 0.6 is 0 Å². The Labute approximate surface area is 158 Å². The van der Waals surface area contributed by atoms with Gasteiger partial charge in [-0.2, -0.15) is 0 Å². The van der Waals surface area contributed by atoms with Crippen LogP contribution in [0.2, 0.25) is 0 Å². The van der Waals surface area contributed by atoms with Crippen molar-refractivity contribution in [3.63, 3.8) is 0 Å². The number of nitrogens with two attached hydrogens (primary N) is 1. The fourth-order valence-electron chi connectivity index (χ4n) is 2.33. The third-order valence-electron chi connectivity index (χ3n) is 3.43. The maximum Gasteiger partial charge on any atom is 0.339 e. The highest BCUT2D eigenvalue weighted by atomic mass is 32.2. The molecule has 0 aliphatic rings. The van der Waals surface area contributed by atoms with E-state index in [1.54, 1.807) is 51.1 Å². The fourth-order valence-corrected chi connectivity index (χ4v) is 3.74. The van der Waals surface area contributed by atoms with Crippen molar-refractivity contribution in [1.29, 1.82) is 0 Å². The molecule has 2 aromatic rings. The zero-order chi connectivity index (χ0) is 20.2. The molecule has 2 rings (SSSR count). The van der Waals surface area contributed by atoms with Crippen LogP contribution in [0.15, 0.2) is 59.5 Å². The second-order valence-corrected chi connectivity index (χ2v) is 8.66. The standard InChI is InChI=1S/C19H22N2O5S/c1-19(2,3)21-27(24,25)15-11-9-14(10-12-15)18(23)26-16(17(20)22)13-7-5-4-6-8-13/h4-12,16,21H,1-3H3,(H2,20,22). The van der Waals surface area contributed by atoms with Crippen molar-refractivity contribution >= 4 is 21.9 Å². The molecule has 0 aliphatic heterocycles. The minimum absolute atomic E-state index is 0.0171. The molecule has 0 radical (unpaired) electrons. The van der Waals surface area contributed by atoms with Crippen molar-refractivity contribution in [1.82, 2.24) is 4.72 Å². The molecule has 1 unspecified atom stereocenters. The summed E-state index contributed by atoms with van der Waals surface area (Å²) in [5.41, 5.74) is 5.25. The molecule has 0 bridgehead atoms. The average Bonchev–Trinajstić information content (AvgIpc) is 2.58. The number of nitrogens with one attached hydrogen (secondary N) is 1. The molecule has 0 saturated heterocycles. The fraction of sp³-hybridized carbons (Fsp3) is 0.263. The van der Waals surface area contributed by atoms with Crippen LogP contribution in [0.1, 0.15) is 42.8 Å². The SMILES string of the molecule is CC(C)(C)NS(=O)(=O)c1ccc(C(=O)OC(C(N)=O)c2ccccc2)cc1. The molecule has 7 nitrogen and oxygen atoms in total. The predicted octanol–water partition coefficient (Wildman–Crippen LogP) is 2.15. The van der Waals surface area contributed by atoms with E-state index in [0.717, 1.165) is 0 Å². The van der Waals surface area contributed by atoms with Gasteiger partial charge in [0.15, 0.2) is 0 Å². The smallest absolute Gasteiger partial charge is 0.339 e. The first kappa shape index (κ1) is 20.6. The van der Waals surface area contributed by atoms with Crippen molar-refractivity contribution in [2.75, 3.05) is 0 Å². The average molecular weight is 390 g/mol. The highest BCUT2D eigenvalue weighted by Gasteiger charge is 2.25. The summed E-state index contributed by atoms with van der Waals surface area (Å²) in [5.74, 6) is -1.58. The molecule has 1 amide bonds. The van der Waals surface area contributed by atoms with Gasteiger partial charge in [-0.05, 0) is 45.0 Å². The van der Waals surface area contributed by atoms with Crippen LogP contribution in [0.25, 0.3) is 0 Å². The first-order chi connectivity index (χ1) is 12.5. The molecule has 3 N–H and O–H groups in total. The van der Waals surface area contributed by atoms with Gasteiger partial charge in [0.25, 0.3) is 5.91 Å². The minimum Gasteiger partial charge on any atom is -0.444 e. The third kappa shape index (κ3) is 5.63. The molecule has 144 valence electrons. The normalized spacial score (nSPS) is 13.0. The lowest BCUT2D eigenvalue weighted by atomic mass is 10.1. The highest BCUT2D eigenvalue weighted by Crippen LogP contribution is 2.20. The van der Waals surface area contributed by atoms with Crippen molar-refractivity contribution in [3.05, 3.63) is 65.7 Å². The Morgan fingerprint density at radius 3 is 2.04 bits per heavy atom. The van der Waals surface area contributed by atoms with Crippen LogP contribution in [0.3, 0.4) is 0 Å².